The van der Waals surface area contributed by atoms with Crippen molar-refractivity contribution in [2.45, 2.75) is 24.3 Å². The van der Waals surface area contributed by atoms with Crippen molar-refractivity contribution in [1.29, 1.82) is 0 Å². The zero-order valence-electron chi connectivity index (χ0n) is 10.6. The molecule has 0 aliphatic carbocycles. The minimum Gasteiger partial charge on any atom is -0.207 e. The third-order valence-electron chi connectivity index (χ3n) is 2.65. The van der Waals surface area contributed by atoms with Gasteiger partial charge in [-0.1, -0.05) is 6.07 Å². The average molecular weight is 299 g/mol. The first-order valence-corrected chi connectivity index (χ1v) is 8.01. The van der Waals surface area contributed by atoms with Crippen LogP contribution in [-0.2, 0) is 15.6 Å². The van der Waals surface area contributed by atoms with Gasteiger partial charge in [-0.05, 0) is 49.6 Å². The van der Waals surface area contributed by atoms with Crippen LogP contribution >= 0.6 is 11.3 Å². The molecule has 19 heavy (non-hydrogen) atoms. The summed E-state index contributed by atoms with van der Waals surface area (Å²) >= 11 is 1.48. The largest absolute Gasteiger partial charge is 0.241 e. The number of sulfonamides is 1. The van der Waals surface area contributed by atoms with Crippen molar-refractivity contribution in [2.24, 2.45) is 0 Å². The molecule has 0 amide bonds. The van der Waals surface area contributed by atoms with E-state index in [0.29, 0.717) is 0 Å². The minimum atomic E-state index is -3.67. The summed E-state index contributed by atoms with van der Waals surface area (Å²) in [5.41, 5.74) is -0.707. The first-order chi connectivity index (χ1) is 8.81. The molecule has 0 aliphatic heterocycles. The second-order valence-electron chi connectivity index (χ2n) is 4.66. The highest BCUT2D eigenvalue weighted by Gasteiger charge is 2.28. The molecule has 6 heteroatoms. The highest BCUT2D eigenvalue weighted by molar-refractivity contribution is 7.89. The first-order valence-electron chi connectivity index (χ1n) is 5.65. The Morgan fingerprint density at radius 3 is 2.32 bits per heavy atom. The van der Waals surface area contributed by atoms with E-state index in [2.05, 4.69) is 4.72 Å². The highest BCUT2D eigenvalue weighted by atomic mass is 32.2. The zero-order chi connectivity index (χ0) is 14.1. The molecule has 0 spiro atoms. The summed E-state index contributed by atoms with van der Waals surface area (Å²) in [4.78, 5) is 0.969. The number of thiophene rings is 1. The van der Waals surface area contributed by atoms with E-state index in [1.165, 1.54) is 23.5 Å². The predicted octanol–water partition coefficient (Wildman–Crippen LogP) is 3.10. The van der Waals surface area contributed by atoms with Gasteiger partial charge in [0.05, 0.1) is 10.4 Å². The molecule has 0 saturated heterocycles. The van der Waals surface area contributed by atoms with E-state index >= 15 is 0 Å². The lowest BCUT2D eigenvalue weighted by atomic mass is 10.1. The molecule has 1 aromatic heterocycles. The van der Waals surface area contributed by atoms with Crippen LogP contribution < -0.4 is 4.72 Å². The Morgan fingerprint density at radius 2 is 1.79 bits per heavy atom. The summed E-state index contributed by atoms with van der Waals surface area (Å²) in [7, 11) is -3.67. The Labute approximate surface area is 116 Å². The Hall–Kier alpha value is -1.24. The molecule has 102 valence electrons. The Morgan fingerprint density at radius 1 is 1.16 bits per heavy atom. The minimum absolute atomic E-state index is 0.0542. The standard InChI is InChI=1S/C13H14FNO2S2/c1-13(2,12-4-3-9-18-12)15-19(16,17)11-7-5-10(14)6-8-11/h3-9,15H,1-2H3. The van der Waals surface area contributed by atoms with Crippen LogP contribution in [0.5, 0.6) is 0 Å². The van der Waals surface area contributed by atoms with Gasteiger partial charge in [0.15, 0.2) is 0 Å². The number of rotatable bonds is 4. The van der Waals surface area contributed by atoms with E-state index in [1.54, 1.807) is 13.8 Å². The predicted molar refractivity (Wildman–Crippen MR) is 74.1 cm³/mol. The summed E-state index contributed by atoms with van der Waals surface area (Å²) in [5.74, 6) is -0.462. The molecule has 1 heterocycles. The fraction of sp³-hybridized carbons (Fsp3) is 0.231. The summed E-state index contributed by atoms with van der Waals surface area (Å²) in [5, 5.41) is 1.89. The Balaban J connectivity index is 2.29. The van der Waals surface area contributed by atoms with E-state index in [4.69, 9.17) is 0 Å². The monoisotopic (exact) mass is 299 g/mol. The van der Waals surface area contributed by atoms with Crippen LogP contribution in [0.4, 0.5) is 4.39 Å². The molecule has 1 N–H and O–H groups in total. The van der Waals surface area contributed by atoms with E-state index in [1.807, 2.05) is 17.5 Å². The van der Waals surface area contributed by atoms with Crippen molar-refractivity contribution in [1.82, 2.24) is 4.72 Å². The molecule has 2 rings (SSSR count). The fourth-order valence-corrected chi connectivity index (χ4v) is 3.96. The lowest BCUT2D eigenvalue weighted by molar-refractivity contribution is 0.480. The Bertz CT molecular complexity index is 646. The molecule has 0 bridgehead atoms. The molecule has 3 nitrogen and oxygen atoms in total. The van der Waals surface area contributed by atoms with Crippen molar-refractivity contribution >= 4 is 21.4 Å². The van der Waals surface area contributed by atoms with Crippen LogP contribution in [0.25, 0.3) is 0 Å². The van der Waals surface area contributed by atoms with Crippen LogP contribution in [0.1, 0.15) is 18.7 Å². The molecule has 0 aliphatic rings. The van der Waals surface area contributed by atoms with E-state index in [-0.39, 0.29) is 4.90 Å². The quantitative estimate of drug-likeness (QED) is 0.943. The normalized spacial score (nSPS) is 12.6. The lowest BCUT2D eigenvalue weighted by Gasteiger charge is -2.24. The molecule has 0 saturated carbocycles. The molecule has 0 radical (unpaired) electrons. The number of hydrogen-bond acceptors (Lipinski definition) is 3. The van der Waals surface area contributed by atoms with Gasteiger partial charge >= 0.3 is 0 Å². The molecular weight excluding hydrogens is 285 g/mol. The number of benzene rings is 1. The zero-order valence-corrected chi connectivity index (χ0v) is 12.2. The van der Waals surface area contributed by atoms with Gasteiger partial charge in [-0.2, -0.15) is 0 Å². The third kappa shape index (κ3) is 3.20. The van der Waals surface area contributed by atoms with Gasteiger partial charge < -0.3 is 0 Å². The van der Waals surface area contributed by atoms with Crippen molar-refractivity contribution in [3.05, 3.63) is 52.5 Å². The number of hydrogen-bond donors (Lipinski definition) is 1. The summed E-state index contributed by atoms with van der Waals surface area (Å²) in [6.45, 7) is 3.58. The van der Waals surface area contributed by atoms with Gasteiger partial charge in [0.1, 0.15) is 5.82 Å². The maximum Gasteiger partial charge on any atom is 0.241 e. The van der Waals surface area contributed by atoms with Crippen molar-refractivity contribution in [2.75, 3.05) is 0 Å². The first kappa shape index (κ1) is 14.2. The molecule has 0 unspecified atom stereocenters. The van der Waals surface area contributed by atoms with Gasteiger partial charge in [0, 0.05) is 4.88 Å². The second-order valence-corrected chi connectivity index (χ2v) is 7.29. The van der Waals surface area contributed by atoms with Gasteiger partial charge in [-0.3, -0.25) is 0 Å². The average Bonchev–Trinajstić information content (AvgIpc) is 2.82. The van der Waals surface area contributed by atoms with Crippen LogP contribution in [0.2, 0.25) is 0 Å². The van der Waals surface area contributed by atoms with Gasteiger partial charge in [0.2, 0.25) is 10.0 Å². The van der Waals surface area contributed by atoms with Crippen molar-refractivity contribution in [3.8, 4) is 0 Å². The number of halogens is 1. The third-order valence-corrected chi connectivity index (χ3v) is 5.52. The maximum absolute atomic E-state index is 12.8. The van der Waals surface area contributed by atoms with E-state index in [0.717, 1.165) is 17.0 Å². The van der Waals surface area contributed by atoms with Gasteiger partial charge in [0.25, 0.3) is 0 Å². The molecule has 0 atom stereocenters. The lowest BCUT2D eigenvalue weighted by Crippen LogP contribution is -2.40. The van der Waals surface area contributed by atoms with Gasteiger partial charge in [-0.15, -0.1) is 11.3 Å². The molecule has 1 aromatic carbocycles. The van der Waals surface area contributed by atoms with Crippen LogP contribution in [0.3, 0.4) is 0 Å². The Kier molecular flexibility index (Phi) is 3.75. The SMILES string of the molecule is CC(C)(NS(=O)(=O)c1ccc(F)cc1)c1cccs1. The molecule has 2 aromatic rings. The molecule has 0 fully saturated rings. The van der Waals surface area contributed by atoms with Gasteiger partial charge in [-0.25, -0.2) is 17.5 Å². The van der Waals surface area contributed by atoms with Crippen LogP contribution in [-0.4, -0.2) is 8.42 Å². The summed E-state index contributed by atoms with van der Waals surface area (Å²) in [6.07, 6.45) is 0. The van der Waals surface area contributed by atoms with Crippen molar-refractivity contribution < 1.29 is 12.8 Å². The topological polar surface area (TPSA) is 46.2 Å². The smallest absolute Gasteiger partial charge is 0.207 e. The van der Waals surface area contributed by atoms with Crippen LogP contribution in [0.15, 0.2) is 46.7 Å². The van der Waals surface area contributed by atoms with E-state index in [9.17, 15) is 12.8 Å². The molecular formula is C13H14FNO2S2. The fourth-order valence-electron chi connectivity index (χ4n) is 1.69. The number of nitrogens with one attached hydrogen (secondary N) is 1. The maximum atomic E-state index is 12.8. The summed E-state index contributed by atoms with van der Waals surface area (Å²) in [6, 6.07) is 8.51. The van der Waals surface area contributed by atoms with E-state index < -0.39 is 21.4 Å². The second kappa shape index (κ2) is 5.03. The summed E-state index contributed by atoms with van der Waals surface area (Å²) < 4.78 is 39.9. The van der Waals surface area contributed by atoms with Crippen molar-refractivity contribution in [3.63, 3.8) is 0 Å². The van der Waals surface area contributed by atoms with Crippen LogP contribution in [0, 0.1) is 5.82 Å². The highest BCUT2D eigenvalue weighted by Crippen LogP contribution is 2.26.